The number of nitrogens with zero attached hydrogens (tertiary/aromatic N) is 2. The molecule has 0 radical (unpaired) electrons. The molecule has 0 N–H and O–H groups in total. The Kier molecular flexibility index (Phi) is 10.5. The molecule has 0 aliphatic rings. The van der Waals surface area contributed by atoms with Gasteiger partial charge in [0.1, 0.15) is 0 Å². The summed E-state index contributed by atoms with van der Waals surface area (Å²) in [7, 11) is 0. The lowest BCUT2D eigenvalue weighted by atomic mass is 9.82. The molecule has 0 aliphatic heterocycles. The van der Waals surface area contributed by atoms with Crippen molar-refractivity contribution in [2.24, 2.45) is 0 Å². The van der Waals surface area contributed by atoms with Crippen molar-refractivity contribution < 1.29 is 0 Å². The Bertz CT molecular complexity index is 5200. The largest absolute Gasteiger partial charge is 0.309 e. The Morgan fingerprint density at radius 3 is 1.34 bits per heavy atom. The minimum atomic E-state index is 1.14. The van der Waals surface area contributed by atoms with Crippen LogP contribution in [0.15, 0.2) is 274 Å². The van der Waals surface area contributed by atoms with Crippen LogP contribution in [0, 0.1) is 6.92 Å². The van der Waals surface area contributed by atoms with Crippen LogP contribution < -0.4 is 0 Å². The minimum Gasteiger partial charge on any atom is -0.309 e. The maximum absolute atomic E-state index is 4.18. The highest BCUT2D eigenvalue weighted by Crippen LogP contribution is 2.52. The van der Waals surface area contributed by atoms with Crippen molar-refractivity contribution in [2.75, 3.05) is 0 Å². The molecule has 3 aromatic heterocycles. The van der Waals surface area contributed by atoms with Crippen molar-refractivity contribution in [1.29, 1.82) is 0 Å². The molecule has 0 aliphatic carbocycles. The topological polar surface area (TPSA) is 9.86 Å². The second kappa shape index (κ2) is 18.3. The van der Waals surface area contributed by atoms with Crippen molar-refractivity contribution in [1.82, 2.24) is 9.13 Å². The Hall–Kier alpha value is -10.1. The van der Waals surface area contributed by atoms with E-state index in [9.17, 15) is 0 Å². The van der Waals surface area contributed by atoms with Gasteiger partial charge < -0.3 is 9.13 Å². The zero-order chi connectivity index (χ0) is 53.0. The van der Waals surface area contributed by atoms with E-state index in [1.54, 1.807) is 0 Å². The van der Waals surface area contributed by atoms with Crippen LogP contribution in [0.5, 0.6) is 0 Å². The first kappa shape index (κ1) is 46.1. The van der Waals surface area contributed by atoms with Crippen LogP contribution in [-0.2, 0) is 0 Å². The third-order valence-electron chi connectivity index (χ3n) is 16.9. The van der Waals surface area contributed by atoms with Crippen LogP contribution in [0.2, 0.25) is 0 Å². The fourth-order valence-electron chi connectivity index (χ4n) is 13.6. The van der Waals surface area contributed by atoms with E-state index in [2.05, 4.69) is 290 Å². The van der Waals surface area contributed by atoms with Crippen LogP contribution in [0.4, 0.5) is 0 Å². The van der Waals surface area contributed by atoms with Gasteiger partial charge in [0.25, 0.3) is 0 Å². The van der Waals surface area contributed by atoms with Gasteiger partial charge in [0, 0.05) is 64.2 Å². The zero-order valence-corrected chi connectivity index (χ0v) is 44.8. The van der Waals surface area contributed by atoms with Crippen LogP contribution in [0.1, 0.15) is 11.1 Å². The van der Waals surface area contributed by atoms with E-state index in [4.69, 9.17) is 0 Å². The first-order valence-corrected chi connectivity index (χ1v) is 28.4. The van der Waals surface area contributed by atoms with Crippen molar-refractivity contribution >= 4 is 114 Å². The van der Waals surface area contributed by atoms with Crippen LogP contribution >= 0.6 is 11.3 Å². The van der Waals surface area contributed by atoms with Crippen LogP contribution in [0.3, 0.4) is 0 Å². The van der Waals surface area contributed by atoms with Gasteiger partial charge in [0.2, 0.25) is 0 Å². The van der Waals surface area contributed by atoms with Crippen molar-refractivity contribution in [2.45, 2.75) is 6.92 Å². The molecule has 0 saturated carbocycles. The summed E-state index contributed by atoms with van der Waals surface area (Å²) in [6.07, 6.45) is 6.29. The first-order chi connectivity index (χ1) is 39.6. The molecule has 16 rings (SSSR count). The van der Waals surface area contributed by atoms with Gasteiger partial charge in [-0.15, -0.1) is 11.3 Å². The summed E-state index contributed by atoms with van der Waals surface area (Å²) in [5.74, 6) is 0. The molecule has 0 saturated heterocycles. The average molecular weight is 1040 g/mol. The molecule has 16 aromatic rings. The molecule has 80 heavy (non-hydrogen) atoms. The Morgan fingerprint density at radius 1 is 0.350 bits per heavy atom. The molecule has 0 spiro atoms. The SMILES string of the molecule is C=C/C=C\c1c(C)c(-c2cccc3c4ccccc4n(-c4ccccc4)c23)c2ccccc2c1-c1cccc2sc3cc(-c4c5ccccc5c(-c5cccc6c7ccccc7n(-c7ccccc7)c56)c5ccccc45)ccc3c12. The quantitative estimate of drug-likeness (QED) is 0.106. The number of hydrogen-bond donors (Lipinski definition) is 0. The smallest absolute Gasteiger partial charge is 0.0619 e. The number of allylic oxidation sites excluding steroid dienone is 2. The molecule has 3 heteroatoms. The summed E-state index contributed by atoms with van der Waals surface area (Å²) < 4.78 is 7.45. The number of aromatic nitrogens is 2. The van der Waals surface area contributed by atoms with Gasteiger partial charge >= 0.3 is 0 Å². The van der Waals surface area contributed by atoms with Crippen LogP contribution in [-0.4, -0.2) is 9.13 Å². The van der Waals surface area contributed by atoms with Crippen molar-refractivity contribution in [3.8, 4) is 55.9 Å². The summed E-state index contributed by atoms with van der Waals surface area (Å²) in [5, 5.41) is 14.9. The maximum atomic E-state index is 4.18. The van der Waals surface area contributed by atoms with E-state index in [1.807, 2.05) is 17.4 Å². The molecule has 13 aromatic carbocycles. The van der Waals surface area contributed by atoms with Gasteiger partial charge in [-0.3, -0.25) is 0 Å². The van der Waals surface area contributed by atoms with Gasteiger partial charge in [0.15, 0.2) is 0 Å². The summed E-state index contributed by atoms with van der Waals surface area (Å²) in [6, 6.07) is 94.4. The fourth-order valence-corrected chi connectivity index (χ4v) is 14.8. The molecule has 0 unspecified atom stereocenters. The molecule has 374 valence electrons. The molecule has 0 fully saturated rings. The zero-order valence-electron chi connectivity index (χ0n) is 44.0. The van der Waals surface area contributed by atoms with E-state index in [1.165, 1.54) is 152 Å². The lowest BCUT2D eigenvalue weighted by molar-refractivity contribution is 1.18. The molecule has 0 atom stereocenters. The third-order valence-corrected chi connectivity index (χ3v) is 18.0. The van der Waals surface area contributed by atoms with E-state index < -0.39 is 0 Å². The second-order valence-electron chi connectivity index (χ2n) is 21.0. The standard InChI is InChI=1S/C77H50N2S/c1-3-4-28-52-48(2)71(65-40-21-37-61-53-29-17-19-42-67(53)78(76(61)65)50-24-7-5-8-25-50)55-31-11-14-34-58(55)73(52)64-39-23-44-69-75(64)63-46-45-49(47-70(63)80-69)72-56-32-12-15-35-59(56)74(60-36-16-13-33-57(60)72)66-41-22-38-62-54-30-18-20-43-68(54)79(77(62)66)51-26-9-6-10-27-51/h3-47H,1H2,2H3/b28-4-. The molecule has 2 nitrogen and oxygen atoms in total. The third kappa shape index (κ3) is 6.78. The first-order valence-electron chi connectivity index (χ1n) is 27.5. The number of thiophene rings is 1. The molecular formula is C77H50N2S. The number of hydrogen-bond acceptors (Lipinski definition) is 1. The van der Waals surface area contributed by atoms with E-state index in [0.29, 0.717) is 0 Å². The predicted octanol–water partition coefficient (Wildman–Crippen LogP) is 21.9. The summed E-state index contributed by atoms with van der Waals surface area (Å²) in [6.45, 7) is 6.50. The Balaban J connectivity index is 0.916. The van der Waals surface area contributed by atoms with Crippen molar-refractivity contribution in [3.05, 3.63) is 285 Å². The summed E-state index contributed by atoms with van der Waals surface area (Å²) in [5.41, 5.74) is 19.4. The lowest BCUT2D eigenvalue weighted by Crippen LogP contribution is -1.99. The van der Waals surface area contributed by atoms with Crippen molar-refractivity contribution in [3.63, 3.8) is 0 Å². The van der Waals surface area contributed by atoms with E-state index in [0.717, 1.165) is 11.4 Å². The number of para-hydroxylation sites is 6. The minimum absolute atomic E-state index is 1.14. The predicted molar refractivity (Wildman–Crippen MR) is 346 cm³/mol. The highest BCUT2D eigenvalue weighted by Gasteiger charge is 2.26. The van der Waals surface area contributed by atoms with Gasteiger partial charge in [-0.2, -0.15) is 0 Å². The molecule has 0 bridgehead atoms. The highest BCUT2D eigenvalue weighted by atomic mass is 32.1. The number of rotatable bonds is 8. The highest BCUT2D eigenvalue weighted by molar-refractivity contribution is 7.26. The van der Waals surface area contributed by atoms with E-state index >= 15 is 0 Å². The van der Waals surface area contributed by atoms with Gasteiger partial charge in [-0.05, 0) is 132 Å². The average Bonchev–Trinajstić information content (AvgIpc) is 4.25. The number of benzene rings is 13. The number of fused-ring (bicyclic) bond motifs is 12. The molecule has 0 amide bonds. The molecule has 3 heterocycles. The second-order valence-corrected chi connectivity index (χ2v) is 22.1. The van der Waals surface area contributed by atoms with E-state index in [-0.39, 0.29) is 0 Å². The molecular weight excluding hydrogens is 985 g/mol. The van der Waals surface area contributed by atoms with Crippen LogP contribution in [0.25, 0.3) is 158 Å². The van der Waals surface area contributed by atoms with Gasteiger partial charge in [-0.1, -0.05) is 231 Å². The summed E-state index contributed by atoms with van der Waals surface area (Å²) in [4.78, 5) is 0. The summed E-state index contributed by atoms with van der Waals surface area (Å²) >= 11 is 1.89. The normalized spacial score (nSPS) is 12.1. The maximum Gasteiger partial charge on any atom is 0.0619 e. The Morgan fingerprint density at radius 2 is 0.787 bits per heavy atom. The lowest BCUT2D eigenvalue weighted by Gasteiger charge is -2.22. The van der Waals surface area contributed by atoms with Gasteiger partial charge in [-0.25, -0.2) is 0 Å². The monoisotopic (exact) mass is 1030 g/mol. The van der Waals surface area contributed by atoms with Gasteiger partial charge in [0.05, 0.1) is 22.1 Å². The Labute approximate surface area is 467 Å². The fraction of sp³-hybridized carbons (Fsp3) is 0.0130.